The van der Waals surface area contributed by atoms with Crippen LogP contribution in [0.1, 0.15) is 47.5 Å². The fraction of sp³-hybridized carbons (Fsp3) is 0.846. The monoisotopic (exact) mass is 208 g/mol. The van der Waals surface area contributed by atoms with E-state index in [4.69, 9.17) is 4.65 Å². The van der Waals surface area contributed by atoms with E-state index in [0.717, 1.165) is 25.0 Å². The minimum atomic E-state index is 0.318. The van der Waals surface area contributed by atoms with E-state index in [9.17, 15) is 0 Å². The first-order valence-corrected chi connectivity index (χ1v) is 6.35. The lowest BCUT2D eigenvalue weighted by molar-refractivity contribution is 0.265. The van der Waals surface area contributed by atoms with Gasteiger partial charge in [0.1, 0.15) is 0 Å². The summed E-state index contributed by atoms with van der Waals surface area (Å²) in [7, 11) is 0. The Morgan fingerprint density at radius 3 is 2.47 bits per heavy atom. The van der Waals surface area contributed by atoms with Gasteiger partial charge in [-0.05, 0) is 36.5 Å². The Labute approximate surface area is 95.4 Å². The number of rotatable bonds is 4. The molecule has 1 nitrogen and oxygen atoms in total. The number of allylic oxidation sites excluding steroid dienone is 2. The Hall–Kier alpha value is -0.395. The predicted octanol–water partition coefficient (Wildman–Crippen LogP) is 4.37. The van der Waals surface area contributed by atoms with Crippen LogP contribution in [0.2, 0.25) is 12.6 Å². The van der Waals surface area contributed by atoms with Crippen LogP contribution < -0.4 is 0 Å². The van der Waals surface area contributed by atoms with Crippen molar-refractivity contribution in [2.24, 2.45) is 11.3 Å². The number of hydrogen-bond acceptors (Lipinski definition) is 1. The van der Waals surface area contributed by atoms with E-state index in [0.29, 0.717) is 12.3 Å². The molecule has 0 aromatic carbocycles. The standard InChI is InChI=1S/C13H25BO/c1-6-14(7-2)15-12-8-11(3)9-13(4,5)10-12/h10-11H,6-9H2,1-5H3. The molecule has 0 heterocycles. The lowest BCUT2D eigenvalue weighted by Gasteiger charge is -2.33. The molecule has 0 saturated heterocycles. The minimum absolute atomic E-state index is 0.318. The molecular formula is C13H25BO. The van der Waals surface area contributed by atoms with Crippen LogP contribution in [0.15, 0.2) is 11.8 Å². The first kappa shape index (κ1) is 12.7. The van der Waals surface area contributed by atoms with Gasteiger partial charge in [0, 0.05) is 6.42 Å². The van der Waals surface area contributed by atoms with Crippen LogP contribution in [0.25, 0.3) is 0 Å². The van der Waals surface area contributed by atoms with Crippen LogP contribution in [0.3, 0.4) is 0 Å². The summed E-state index contributed by atoms with van der Waals surface area (Å²) in [5.41, 5.74) is 0.318. The van der Waals surface area contributed by atoms with Gasteiger partial charge in [0.05, 0.1) is 5.76 Å². The van der Waals surface area contributed by atoms with E-state index in [1.54, 1.807) is 0 Å². The third-order valence-electron chi connectivity index (χ3n) is 3.20. The second-order valence-corrected chi connectivity index (χ2v) is 5.67. The molecule has 15 heavy (non-hydrogen) atoms. The summed E-state index contributed by atoms with van der Waals surface area (Å²) < 4.78 is 6.06. The molecular weight excluding hydrogens is 183 g/mol. The van der Waals surface area contributed by atoms with Gasteiger partial charge in [0.25, 0.3) is 0 Å². The van der Waals surface area contributed by atoms with Gasteiger partial charge in [0.15, 0.2) is 0 Å². The van der Waals surface area contributed by atoms with Gasteiger partial charge in [-0.2, -0.15) is 0 Å². The van der Waals surface area contributed by atoms with E-state index >= 15 is 0 Å². The number of hydrogen-bond donors (Lipinski definition) is 0. The van der Waals surface area contributed by atoms with Crippen molar-refractivity contribution in [3.05, 3.63) is 11.8 Å². The van der Waals surface area contributed by atoms with Gasteiger partial charge < -0.3 is 4.65 Å². The van der Waals surface area contributed by atoms with Crippen LogP contribution in [-0.2, 0) is 4.65 Å². The molecule has 0 bridgehead atoms. The fourth-order valence-electron chi connectivity index (χ4n) is 2.62. The molecule has 1 atom stereocenters. The first-order chi connectivity index (χ1) is 6.96. The Bertz CT molecular complexity index is 229. The second-order valence-electron chi connectivity index (χ2n) is 5.67. The van der Waals surface area contributed by atoms with Crippen LogP contribution in [0, 0.1) is 11.3 Å². The molecule has 0 N–H and O–H groups in total. The molecule has 0 radical (unpaired) electrons. The van der Waals surface area contributed by atoms with E-state index in [1.807, 2.05) is 0 Å². The Balaban J connectivity index is 2.64. The maximum absolute atomic E-state index is 6.06. The molecule has 1 aliphatic carbocycles. The highest BCUT2D eigenvalue weighted by atomic mass is 16.4. The van der Waals surface area contributed by atoms with Crippen molar-refractivity contribution in [2.45, 2.75) is 60.1 Å². The Morgan fingerprint density at radius 2 is 2.00 bits per heavy atom. The Morgan fingerprint density at radius 1 is 1.40 bits per heavy atom. The average molecular weight is 208 g/mol. The van der Waals surface area contributed by atoms with Crippen molar-refractivity contribution in [2.75, 3.05) is 0 Å². The third kappa shape index (κ3) is 3.93. The van der Waals surface area contributed by atoms with Gasteiger partial charge in [-0.15, -0.1) is 0 Å². The van der Waals surface area contributed by atoms with Gasteiger partial charge in [0.2, 0.25) is 0 Å². The molecule has 2 heteroatoms. The van der Waals surface area contributed by atoms with Crippen molar-refractivity contribution in [3.8, 4) is 0 Å². The fourth-order valence-corrected chi connectivity index (χ4v) is 2.62. The smallest absolute Gasteiger partial charge is 0.356 e. The topological polar surface area (TPSA) is 9.23 Å². The molecule has 86 valence electrons. The molecule has 0 aliphatic heterocycles. The molecule has 0 aromatic rings. The largest absolute Gasteiger partial charge is 0.564 e. The third-order valence-corrected chi connectivity index (χ3v) is 3.20. The van der Waals surface area contributed by atoms with Crippen LogP contribution >= 0.6 is 0 Å². The normalized spacial score (nSPS) is 24.6. The predicted molar refractivity (Wildman–Crippen MR) is 68.1 cm³/mol. The SMILES string of the molecule is CCB(CC)OC1=CC(C)(C)CC(C)C1. The van der Waals surface area contributed by atoms with E-state index in [2.05, 4.69) is 40.7 Å². The van der Waals surface area contributed by atoms with Crippen molar-refractivity contribution in [1.82, 2.24) is 0 Å². The van der Waals surface area contributed by atoms with Gasteiger partial charge in [-0.25, -0.2) is 0 Å². The zero-order valence-electron chi connectivity index (χ0n) is 11.0. The zero-order valence-corrected chi connectivity index (χ0v) is 11.0. The van der Waals surface area contributed by atoms with Crippen LogP contribution in [0.5, 0.6) is 0 Å². The highest BCUT2D eigenvalue weighted by Gasteiger charge is 2.27. The van der Waals surface area contributed by atoms with Crippen molar-refractivity contribution in [1.29, 1.82) is 0 Å². The Kier molecular flexibility index (Phi) is 4.30. The van der Waals surface area contributed by atoms with Crippen LogP contribution in [0.4, 0.5) is 0 Å². The average Bonchev–Trinajstić information content (AvgIpc) is 2.10. The first-order valence-electron chi connectivity index (χ1n) is 6.35. The molecule has 0 saturated carbocycles. The molecule has 0 spiro atoms. The maximum atomic E-state index is 6.06. The summed E-state index contributed by atoms with van der Waals surface area (Å²) in [4.78, 5) is 0. The van der Waals surface area contributed by atoms with Gasteiger partial charge >= 0.3 is 6.92 Å². The zero-order chi connectivity index (χ0) is 11.5. The summed E-state index contributed by atoms with van der Waals surface area (Å²) >= 11 is 0. The molecule has 1 aliphatic rings. The molecule has 0 amide bonds. The lowest BCUT2D eigenvalue weighted by Crippen LogP contribution is -2.23. The summed E-state index contributed by atoms with van der Waals surface area (Å²) in [5, 5.41) is 0. The summed E-state index contributed by atoms with van der Waals surface area (Å²) in [6.45, 7) is 11.7. The quantitative estimate of drug-likeness (QED) is 0.623. The van der Waals surface area contributed by atoms with Crippen molar-refractivity contribution < 1.29 is 4.65 Å². The van der Waals surface area contributed by atoms with Gasteiger partial charge in [-0.3, -0.25) is 0 Å². The van der Waals surface area contributed by atoms with E-state index < -0.39 is 0 Å². The van der Waals surface area contributed by atoms with Crippen molar-refractivity contribution >= 4 is 6.92 Å². The van der Waals surface area contributed by atoms with Gasteiger partial charge in [-0.1, -0.05) is 34.6 Å². The summed E-state index contributed by atoms with van der Waals surface area (Å²) in [5.74, 6) is 1.99. The molecule has 1 rings (SSSR count). The highest BCUT2D eigenvalue weighted by Crippen LogP contribution is 2.37. The molecule has 0 fully saturated rings. The maximum Gasteiger partial charge on any atom is 0.356 e. The van der Waals surface area contributed by atoms with E-state index in [-0.39, 0.29) is 0 Å². The van der Waals surface area contributed by atoms with Crippen molar-refractivity contribution in [3.63, 3.8) is 0 Å². The summed E-state index contributed by atoms with van der Waals surface area (Å²) in [6, 6.07) is 0. The highest BCUT2D eigenvalue weighted by molar-refractivity contribution is 6.51. The van der Waals surface area contributed by atoms with Crippen LogP contribution in [-0.4, -0.2) is 6.92 Å². The lowest BCUT2D eigenvalue weighted by atomic mass is 9.62. The minimum Gasteiger partial charge on any atom is -0.564 e. The summed E-state index contributed by atoms with van der Waals surface area (Å²) in [6.07, 6.45) is 6.97. The van der Waals surface area contributed by atoms with E-state index in [1.165, 1.54) is 12.2 Å². The molecule has 0 aromatic heterocycles. The second kappa shape index (κ2) is 5.09. The molecule has 1 unspecified atom stereocenters.